The lowest BCUT2D eigenvalue weighted by molar-refractivity contribution is 0.0697. The molecule has 32 heavy (non-hydrogen) atoms. The van der Waals surface area contributed by atoms with Gasteiger partial charge in [0.25, 0.3) is 0 Å². The topological polar surface area (TPSA) is 119 Å². The number of nitriles is 2. The molecule has 0 atom stereocenters. The number of benzene rings is 1. The summed E-state index contributed by atoms with van der Waals surface area (Å²) in [4.78, 5) is 10.9. The number of aromatic nitrogens is 4. The maximum atomic E-state index is 10.9. The van der Waals surface area contributed by atoms with E-state index in [1.807, 2.05) is 18.2 Å². The van der Waals surface area contributed by atoms with Gasteiger partial charge < -0.3 is 5.11 Å². The van der Waals surface area contributed by atoms with E-state index < -0.39 is 5.97 Å². The number of hydrogen-bond donors (Lipinski definition) is 1. The Morgan fingerprint density at radius 1 is 0.875 bits per heavy atom. The molecule has 4 aromatic heterocycles. The molecule has 0 aliphatic heterocycles. The van der Waals surface area contributed by atoms with Gasteiger partial charge in [-0.1, -0.05) is 12.1 Å². The van der Waals surface area contributed by atoms with Gasteiger partial charge in [-0.05, 0) is 70.0 Å². The van der Waals surface area contributed by atoms with Crippen LogP contribution in [0.4, 0.5) is 0 Å². The zero-order valence-corrected chi connectivity index (χ0v) is 17.9. The molecule has 0 aliphatic rings. The molecule has 0 aliphatic carbocycles. The van der Waals surface area contributed by atoms with Gasteiger partial charge in [0.1, 0.15) is 23.5 Å². The SMILES string of the molecule is N#Cc1cc(-c2ccc(C(=O)O)cc2)c2cccnn12.N#Cc1cc(Br)c2cccnn12. The van der Waals surface area contributed by atoms with Crippen molar-refractivity contribution in [3.05, 3.63) is 94.5 Å². The molecule has 4 heterocycles. The van der Waals surface area contributed by atoms with E-state index in [0.29, 0.717) is 11.4 Å². The zero-order valence-electron chi connectivity index (χ0n) is 16.3. The molecule has 8 nitrogen and oxygen atoms in total. The van der Waals surface area contributed by atoms with Crippen molar-refractivity contribution in [2.45, 2.75) is 0 Å². The quantitative estimate of drug-likeness (QED) is 0.392. The van der Waals surface area contributed by atoms with Crippen LogP contribution >= 0.6 is 15.9 Å². The Kier molecular flexibility index (Phi) is 5.67. The third-order valence-electron chi connectivity index (χ3n) is 4.69. The van der Waals surface area contributed by atoms with Crippen LogP contribution in [0.3, 0.4) is 0 Å². The maximum absolute atomic E-state index is 10.9. The average molecular weight is 485 g/mol. The fourth-order valence-corrected chi connectivity index (χ4v) is 3.74. The van der Waals surface area contributed by atoms with Crippen molar-refractivity contribution >= 4 is 32.9 Å². The van der Waals surface area contributed by atoms with Crippen LogP contribution in [0.25, 0.3) is 22.2 Å². The first-order chi connectivity index (χ1) is 15.5. The minimum Gasteiger partial charge on any atom is -0.478 e. The van der Waals surface area contributed by atoms with Gasteiger partial charge in [0.15, 0.2) is 0 Å². The standard InChI is InChI=1S/C15H9N3O2.C8H4BrN3/c16-9-12-8-13(14-2-1-7-17-18(12)14)10-3-5-11(6-4-10)15(19)20;9-7-4-6(5-10)12-8(7)2-1-3-11-12/h1-8H,(H,19,20);1-4H. The second kappa shape index (κ2) is 8.72. The van der Waals surface area contributed by atoms with E-state index in [2.05, 4.69) is 38.3 Å². The van der Waals surface area contributed by atoms with Gasteiger partial charge in [-0.25, -0.2) is 13.8 Å². The fraction of sp³-hybridized carbons (Fsp3) is 0. The van der Waals surface area contributed by atoms with E-state index in [0.717, 1.165) is 26.6 Å². The third-order valence-corrected chi connectivity index (χ3v) is 5.33. The Hall–Kier alpha value is -4.47. The molecule has 0 saturated carbocycles. The first-order valence-corrected chi connectivity index (χ1v) is 10.1. The Balaban J connectivity index is 0.000000174. The molecule has 9 heteroatoms. The van der Waals surface area contributed by atoms with Crippen LogP contribution in [0.15, 0.2) is 77.5 Å². The second-order valence-electron chi connectivity index (χ2n) is 6.57. The van der Waals surface area contributed by atoms with E-state index in [1.165, 1.54) is 0 Å². The van der Waals surface area contributed by atoms with Crippen LogP contribution in [-0.4, -0.2) is 30.3 Å². The molecule has 0 unspecified atom stereocenters. The zero-order chi connectivity index (χ0) is 22.7. The van der Waals surface area contributed by atoms with Crippen molar-refractivity contribution in [3.63, 3.8) is 0 Å². The highest BCUT2D eigenvalue weighted by Crippen LogP contribution is 2.27. The molecule has 1 aromatic carbocycles. The molecule has 0 saturated heterocycles. The Bertz CT molecular complexity index is 1540. The molecule has 5 rings (SSSR count). The Labute approximate surface area is 190 Å². The largest absolute Gasteiger partial charge is 0.478 e. The molecule has 0 bridgehead atoms. The smallest absolute Gasteiger partial charge is 0.335 e. The van der Waals surface area contributed by atoms with Gasteiger partial charge in [-0.15, -0.1) is 0 Å². The monoisotopic (exact) mass is 484 g/mol. The minimum absolute atomic E-state index is 0.232. The van der Waals surface area contributed by atoms with Crippen LogP contribution in [0.1, 0.15) is 21.7 Å². The summed E-state index contributed by atoms with van der Waals surface area (Å²) in [6.45, 7) is 0. The molecule has 0 spiro atoms. The Morgan fingerprint density at radius 3 is 2.03 bits per heavy atom. The second-order valence-corrected chi connectivity index (χ2v) is 7.42. The van der Waals surface area contributed by atoms with Crippen molar-refractivity contribution in [2.24, 2.45) is 0 Å². The van der Waals surface area contributed by atoms with Crippen molar-refractivity contribution < 1.29 is 9.90 Å². The lowest BCUT2D eigenvalue weighted by Gasteiger charge is -2.01. The predicted molar refractivity (Wildman–Crippen MR) is 120 cm³/mol. The molecule has 0 amide bonds. The lowest BCUT2D eigenvalue weighted by Crippen LogP contribution is -1.95. The molecular formula is C23H13BrN6O2. The highest BCUT2D eigenvalue weighted by atomic mass is 79.9. The molecule has 154 valence electrons. The number of carboxylic acids is 1. The maximum Gasteiger partial charge on any atom is 0.335 e. The summed E-state index contributed by atoms with van der Waals surface area (Å²) in [7, 11) is 0. The highest BCUT2D eigenvalue weighted by Gasteiger charge is 2.11. The summed E-state index contributed by atoms with van der Waals surface area (Å²) in [5.74, 6) is -0.960. The number of fused-ring (bicyclic) bond motifs is 2. The molecule has 0 radical (unpaired) electrons. The number of aromatic carboxylic acids is 1. The molecular weight excluding hydrogens is 472 g/mol. The highest BCUT2D eigenvalue weighted by molar-refractivity contribution is 9.10. The number of rotatable bonds is 2. The third kappa shape index (κ3) is 3.81. The number of halogens is 1. The first-order valence-electron chi connectivity index (χ1n) is 9.26. The van der Waals surface area contributed by atoms with Gasteiger partial charge in [-0.3, -0.25) is 0 Å². The number of carboxylic acid groups (broad SMARTS) is 1. The number of hydrogen-bond acceptors (Lipinski definition) is 5. The van der Waals surface area contributed by atoms with Crippen LogP contribution in [0, 0.1) is 22.7 Å². The summed E-state index contributed by atoms with van der Waals surface area (Å²) in [5.41, 5.74) is 4.64. The van der Waals surface area contributed by atoms with E-state index in [1.54, 1.807) is 63.9 Å². The normalized spacial score (nSPS) is 10.2. The van der Waals surface area contributed by atoms with Crippen LogP contribution in [-0.2, 0) is 0 Å². The lowest BCUT2D eigenvalue weighted by atomic mass is 10.0. The van der Waals surface area contributed by atoms with Gasteiger partial charge in [-0.2, -0.15) is 20.7 Å². The fourth-order valence-electron chi connectivity index (χ4n) is 3.22. The summed E-state index contributed by atoms with van der Waals surface area (Å²) in [5, 5.41) is 34.9. The van der Waals surface area contributed by atoms with E-state index in [9.17, 15) is 4.79 Å². The summed E-state index contributed by atoms with van der Waals surface area (Å²) < 4.78 is 4.07. The van der Waals surface area contributed by atoms with Gasteiger partial charge in [0, 0.05) is 22.4 Å². The van der Waals surface area contributed by atoms with E-state index in [4.69, 9.17) is 15.6 Å². The first kappa shape index (κ1) is 20.8. The van der Waals surface area contributed by atoms with Crippen molar-refractivity contribution in [1.82, 2.24) is 19.2 Å². The van der Waals surface area contributed by atoms with Crippen LogP contribution in [0.2, 0.25) is 0 Å². The van der Waals surface area contributed by atoms with Gasteiger partial charge >= 0.3 is 5.97 Å². The summed E-state index contributed by atoms with van der Waals surface area (Å²) in [6, 6.07) is 21.6. The Morgan fingerprint density at radius 2 is 1.44 bits per heavy atom. The van der Waals surface area contributed by atoms with Gasteiger partial charge in [0.2, 0.25) is 0 Å². The van der Waals surface area contributed by atoms with E-state index in [-0.39, 0.29) is 5.56 Å². The predicted octanol–water partition coefficient (Wildman–Crippen LogP) is 4.54. The van der Waals surface area contributed by atoms with Crippen molar-refractivity contribution in [1.29, 1.82) is 10.5 Å². The average Bonchev–Trinajstić information content (AvgIpc) is 3.37. The van der Waals surface area contributed by atoms with Crippen LogP contribution in [0.5, 0.6) is 0 Å². The van der Waals surface area contributed by atoms with Crippen molar-refractivity contribution in [2.75, 3.05) is 0 Å². The van der Waals surface area contributed by atoms with Crippen LogP contribution < -0.4 is 0 Å². The summed E-state index contributed by atoms with van der Waals surface area (Å²) in [6.07, 6.45) is 3.27. The number of nitrogens with zero attached hydrogens (tertiary/aromatic N) is 6. The summed E-state index contributed by atoms with van der Waals surface area (Å²) >= 11 is 3.35. The minimum atomic E-state index is -0.960. The molecule has 1 N–H and O–H groups in total. The molecule has 5 aromatic rings. The number of carbonyl (C=O) groups is 1. The van der Waals surface area contributed by atoms with Gasteiger partial charge in [0.05, 0.1) is 16.6 Å². The van der Waals surface area contributed by atoms with E-state index >= 15 is 0 Å². The molecule has 0 fully saturated rings. The van der Waals surface area contributed by atoms with Crippen molar-refractivity contribution in [3.8, 4) is 23.3 Å².